The summed E-state index contributed by atoms with van der Waals surface area (Å²) in [7, 11) is 0.115. The molecule has 0 saturated heterocycles. The predicted octanol–water partition coefficient (Wildman–Crippen LogP) is 3.18. The minimum absolute atomic E-state index is 0.475. The van der Waals surface area contributed by atoms with Gasteiger partial charge in [-0.1, -0.05) is 6.07 Å². The maximum absolute atomic E-state index is 12.5. The van der Waals surface area contributed by atoms with Gasteiger partial charge in [0.25, 0.3) is 0 Å². The fourth-order valence-corrected chi connectivity index (χ4v) is 3.10. The van der Waals surface area contributed by atoms with E-state index in [0.717, 1.165) is 10.9 Å². The van der Waals surface area contributed by atoms with Crippen molar-refractivity contribution in [3.05, 3.63) is 54.2 Å². The number of benzene rings is 2. The fraction of sp³-hybridized carbons (Fsp3) is 0.0625. The standard InChI is InChI=1S/C16H13N3O2S/c1-21-13-8-12-5-6-18-16(12)15(9-13)19-22(20)14-4-2-3-11(7-14)10-17/h2-9,18-19H,1H3. The van der Waals surface area contributed by atoms with Gasteiger partial charge in [0.15, 0.2) is 0 Å². The largest absolute Gasteiger partial charge is 0.497 e. The summed E-state index contributed by atoms with van der Waals surface area (Å²) in [6.45, 7) is 0. The Morgan fingerprint density at radius 3 is 2.91 bits per heavy atom. The number of hydrogen-bond acceptors (Lipinski definition) is 3. The van der Waals surface area contributed by atoms with Crippen LogP contribution in [0.2, 0.25) is 0 Å². The Balaban J connectivity index is 1.97. The molecule has 3 aromatic rings. The smallest absolute Gasteiger partial charge is 0.150 e. The van der Waals surface area contributed by atoms with Crippen molar-refractivity contribution in [2.24, 2.45) is 0 Å². The van der Waals surface area contributed by atoms with Crippen molar-refractivity contribution in [3.63, 3.8) is 0 Å². The molecule has 1 aromatic heterocycles. The van der Waals surface area contributed by atoms with E-state index >= 15 is 0 Å². The number of nitriles is 1. The third-order valence-corrected chi connectivity index (χ3v) is 4.34. The van der Waals surface area contributed by atoms with Crippen molar-refractivity contribution in [1.82, 2.24) is 4.98 Å². The maximum atomic E-state index is 12.5. The number of fused-ring (bicyclic) bond motifs is 1. The quantitative estimate of drug-likeness (QED) is 0.776. The number of rotatable bonds is 4. The van der Waals surface area contributed by atoms with Crippen LogP contribution >= 0.6 is 0 Å². The zero-order chi connectivity index (χ0) is 15.5. The molecule has 5 nitrogen and oxygen atoms in total. The van der Waals surface area contributed by atoms with E-state index in [0.29, 0.717) is 21.9 Å². The summed E-state index contributed by atoms with van der Waals surface area (Å²) in [5, 5.41) is 9.89. The van der Waals surface area contributed by atoms with E-state index in [2.05, 4.69) is 9.71 Å². The van der Waals surface area contributed by atoms with E-state index in [1.165, 1.54) is 0 Å². The molecule has 0 aliphatic heterocycles. The van der Waals surface area contributed by atoms with Gasteiger partial charge in [-0.05, 0) is 30.3 Å². The van der Waals surface area contributed by atoms with Crippen LogP contribution in [0.3, 0.4) is 0 Å². The molecule has 0 fully saturated rings. The molecule has 110 valence electrons. The normalized spacial score (nSPS) is 11.8. The lowest BCUT2D eigenvalue weighted by Gasteiger charge is -2.10. The molecule has 0 saturated carbocycles. The molecule has 1 atom stereocenters. The molecule has 0 aliphatic carbocycles. The van der Waals surface area contributed by atoms with E-state index in [1.54, 1.807) is 37.4 Å². The second-order valence-corrected chi connectivity index (χ2v) is 5.84. The van der Waals surface area contributed by atoms with Crippen molar-refractivity contribution in [3.8, 4) is 11.8 Å². The average molecular weight is 311 g/mol. The first kappa shape index (κ1) is 14.2. The molecule has 0 bridgehead atoms. The first-order valence-corrected chi connectivity index (χ1v) is 7.70. The van der Waals surface area contributed by atoms with E-state index in [1.807, 2.05) is 24.4 Å². The Hall–Kier alpha value is -2.78. The third kappa shape index (κ3) is 2.67. The number of nitrogens with one attached hydrogen (secondary N) is 2. The molecule has 0 spiro atoms. The van der Waals surface area contributed by atoms with E-state index in [9.17, 15) is 4.21 Å². The van der Waals surface area contributed by atoms with Gasteiger partial charge in [-0.2, -0.15) is 5.26 Å². The molecule has 0 amide bonds. The Labute approximate surface area is 130 Å². The summed E-state index contributed by atoms with van der Waals surface area (Å²) in [6, 6.07) is 14.4. The second-order valence-electron chi connectivity index (χ2n) is 4.63. The summed E-state index contributed by atoms with van der Waals surface area (Å²) in [5.74, 6) is 0.678. The van der Waals surface area contributed by atoms with Crippen molar-refractivity contribution in [1.29, 1.82) is 5.26 Å². The molecule has 0 aliphatic rings. The highest BCUT2D eigenvalue weighted by atomic mass is 32.2. The van der Waals surface area contributed by atoms with Crippen molar-refractivity contribution < 1.29 is 8.95 Å². The monoisotopic (exact) mass is 311 g/mol. The SMILES string of the molecule is COc1cc(NS(=O)c2cccc(C#N)c2)c2[nH]ccc2c1. The Kier molecular flexibility index (Phi) is 3.81. The number of methoxy groups -OCH3 is 1. The topological polar surface area (TPSA) is 77.9 Å². The van der Waals surface area contributed by atoms with Gasteiger partial charge in [-0.15, -0.1) is 0 Å². The van der Waals surface area contributed by atoms with Crippen molar-refractivity contribution in [2.75, 3.05) is 11.8 Å². The van der Waals surface area contributed by atoms with Crippen molar-refractivity contribution in [2.45, 2.75) is 4.90 Å². The van der Waals surface area contributed by atoms with E-state index in [-0.39, 0.29) is 0 Å². The van der Waals surface area contributed by atoms with Gasteiger partial charge in [0.2, 0.25) is 0 Å². The minimum Gasteiger partial charge on any atom is -0.497 e. The summed E-state index contributed by atoms with van der Waals surface area (Å²) in [4.78, 5) is 3.66. The lowest BCUT2D eigenvalue weighted by atomic mass is 10.2. The van der Waals surface area contributed by atoms with Crippen LogP contribution in [0.5, 0.6) is 5.75 Å². The van der Waals surface area contributed by atoms with Crippen LogP contribution in [0.1, 0.15) is 5.56 Å². The Morgan fingerprint density at radius 1 is 1.27 bits per heavy atom. The van der Waals surface area contributed by atoms with Crippen LogP contribution < -0.4 is 9.46 Å². The average Bonchev–Trinajstić information content (AvgIpc) is 3.03. The number of ether oxygens (including phenoxy) is 1. The van der Waals surface area contributed by atoms with Crippen LogP contribution in [0.4, 0.5) is 5.69 Å². The summed E-state index contributed by atoms with van der Waals surface area (Å²) in [6.07, 6.45) is 1.81. The fourth-order valence-electron chi connectivity index (χ4n) is 2.18. The van der Waals surface area contributed by atoms with Gasteiger partial charge < -0.3 is 9.72 Å². The Bertz CT molecular complexity index is 896. The lowest BCUT2D eigenvalue weighted by molar-refractivity contribution is 0.415. The van der Waals surface area contributed by atoms with E-state index < -0.39 is 11.0 Å². The van der Waals surface area contributed by atoms with Crippen LogP contribution in [0.25, 0.3) is 10.9 Å². The van der Waals surface area contributed by atoms with Gasteiger partial charge in [0.1, 0.15) is 16.7 Å². The van der Waals surface area contributed by atoms with Gasteiger partial charge in [0.05, 0.1) is 34.8 Å². The molecule has 0 radical (unpaired) electrons. The predicted molar refractivity (Wildman–Crippen MR) is 86.0 cm³/mol. The van der Waals surface area contributed by atoms with Crippen LogP contribution in [0, 0.1) is 11.3 Å². The van der Waals surface area contributed by atoms with Crippen molar-refractivity contribution >= 4 is 27.6 Å². The first-order chi connectivity index (χ1) is 10.7. The number of H-pyrrole nitrogens is 1. The number of anilines is 1. The number of hydrogen-bond donors (Lipinski definition) is 2. The highest BCUT2D eigenvalue weighted by molar-refractivity contribution is 7.86. The van der Waals surface area contributed by atoms with Gasteiger partial charge >= 0.3 is 0 Å². The number of nitrogens with zero attached hydrogens (tertiary/aromatic N) is 1. The Morgan fingerprint density at radius 2 is 2.14 bits per heavy atom. The van der Waals surface area contributed by atoms with Gasteiger partial charge in [-0.25, -0.2) is 4.21 Å². The maximum Gasteiger partial charge on any atom is 0.150 e. The molecular formula is C16H13N3O2S. The van der Waals surface area contributed by atoms with Crippen LogP contribution in [0.15, 0.2) is 53.6 Å². The molecule has 22 heavy (non-hydrogen) atoms. The highest BCUT2D eigenvalue weighted by Crippen LogP contribution is 2.29. The van der Waals surface area contributed by atoms with E-state index in [4.69, 9.17) is 10.00 Å². The van der Waals surface area contributed by atoms with Gasteiger partial charge in [-0.3, -0.25) is 4.72 Å². The number of aromatic amines is 1. The minimum atomic E-state index is -1.47. The number of aromatic nitrogens is 1. The molecule has 1 unspecified atom stereocenters. The summed E-state index contributed by atoms with van der Waals surface area (Å²) in [5.41, 5.74) is 2.01. The second kappa shape index (κ2) is 5.92. The molecular weight excluding hydrogens is 298 g/mol. The summed E-state index contributed by atoms with van der Waals surface area (Å²) >= 11 is 0. The molecule has 6 heteroatoms. The zero-order valence-electron chi connectivity index (χ0n) is 11.8. The molecule has 3 rings (SSSR count). The highest BCUT2D eigenvalue weighted by Gasteiger charge is 2.10. The van der Waals surface area contributed by atoms with Crippen LogP contribution in [-0.2, 0) is 11.0 Å². The first-order valence-electron chi connectivity index (χ1n) is 6.55. The van der Waals surface area contributed by atoms with Gasteiger partial charge in [0, 0.05) is 17.6 Å². The third-order valence-electron chi connectivity index (χ3n) is 3.25. The molecule has 2 N–H and O–H groups in total. The molecule has 1 heterocycles. The molecule has 2 aromatic carbocycles. The lowest BCUT2D eigenvalue weighted by Crippen LogP contribution is -2.05. The zero-order valence-corrected chi connectivity index (χ0v) is 12.6. The summed E-state index contributed by atoms with van der Waals surface area (Å²) < 4.78 is 20.7. The van der Waals surface area contributed by atoms with Crippen LogP contribution in [-0.4, -0.2) is 16.3 Å².